The van der Waals surface area contributed by atoms with Gasteiger partial charge in [-0.2, -0.15) is 5.10 Å². The van der Waals surface area contributed by atoms with E-state index in [0.717, 1.165) is 6.07 Å². The number of carboxylic acids is 1. The monoisotopic (exact) mass is 374 g/mol. The second kappa shape index (κ2) is 5.92. The van der Waals surface area contributed by atoms with Gasteiger partial charge in [-0.15, -0.1) is 0 Å². The molecule has 0 amide bonds. The number of nitrogens with zero attached hydrogens (tertiary/aromatic N) is 2. The van der Waals surface area contributed by atoms with E-state index in [1.807, 2.05) is 0 Å². The number of aromatic amines is 1. The van der Waals surface area contributed by atoms with Crippen LogP contribution < -0.4 is 4.72 Å². The zero-order chi connectivity index (χ0) is 15.6. The maximum atomic E-state index is 12.3. The molecule has 0 aliphatic carbocycles. The molecule has 0 radical (unpaired) electrons. The van der Waals surface area contributed by atoms with Crippen LogP contribution in [0.1, 0.15) is 29.1 Å². The van der Waals surface area contributed by atoms with Crippen molar-refractivity contribution in [3.8, 4) is 0 Å². The molecule has 10 heteroatoms. The molecule has 1 heterocycles. The summed E-state index contributed by atoms with van der Waals surface area (Å²) in [6.07, 6.45) is 1.26. The van der Waals surface area contributed by atoms with E-state index in [0.29, 0.717) is 5.82 Å². The maximum Gasteiger partial charge on any atom is 0.335 e. The number of hydrogen-bond donors (Lipinski definition) is 3. The lowest BCUT2D eigenvalue weighted by Gasteiger charge is -2.13. The van der Waals surface area contributed by atoms with Gasteiger partial charge in [0.2, 0.25) is 10.0 Å². The minimum Gasteiger partial charge on any atom is -0.478 e. The van der Waals surface area contributed by atoms with Crippen molar-refractivity contribution >= 4 is 31.9 Å². The highest BCUT2D eigenvalue weighted by Gasteiger charge is 2.23. The van der Waals surface area contributed by atoms with E-state index in [9.17, 15) is 13.2 Å². The van der Waals surface area contributed by atoms with E-state index >= 15 is 0 Å². The topological polar surface area (TPSA) is 125 Å². The van der Waals surface area contributed by atoms with Gasteiger partial charge in [0, 0.05) is 4.47 Å². The highest BCUT2D eigenvalue weighted by molar-refractivity contribution is 9.10. The lowest BCUT2D eigenvalue weighted by molar-refractivity contribution is 0.0696. The van der Waals surface area contributed by atoms with Gasteiger partial charge >= 0.3 is 5.97 Å². The molecule has 21 heavy (non-hydrogen) atoms. The van der Waals surface area contributed by atoms with E-state index < -0.39 is 22.0 Å². The van der Waals surface area contributed by atoms with Gasteiger partial charge in [0.05, 0.1) is 16.5 Å². The third kappa shape index (κ3) is 3.46. The van der Waals surface area contributed by atoms with E-state index in [2.05, 4.69) is 35.8 Å². The number of nitrogens with one attached hydrogen (secondary N) is 2. The van der Waals surface area contributed by atoms with Crippen LogP contribution in [0.3, 0.4) is 0 Å². The van der Waals surface area contributed by atoms with Crippen LogP contribution in [0, 0.1) is 0 Å². The Morgan fingerprint density at radius 1 is 1.48 bits per heavy atom. The molecule has 0 bridgehead atoms. The molecule has 8 nitrogen and oxygen atoms in total. The molecule has 1 aromatic carbocycles. The van der Waals surface area contributed by atoms with Crippen LogP contribution in [0.5, 0.6) is 0 Å². The number of hydrogen-bond acceptors (Lipinski definition) is 5. The average molecular weight is 375 g/mol. The molecule has 0 saturated heterocycles. The van der Waals surface area contributed by atoms with E-state index in [4.69, 9.17) is 5.11 Å². The molecule has 3 N–H and O–H groups in total. The summed E-state index contributed by atoms with van der Waals surface area (Å²) < 4.78 is 27.3. The first-order chi connectivity index (χ1) is 9.81. The maximum absolute atomic E-state index is 12.3. The zero-order valence-electron chi connectivity index (χ0n) is 10.7. The summed E-state index contributed by atoms with van der Waals surface area (Å²) in [7, 11) is -3.92. The molecule has 0 fully saturated rings. The van der Waals surface area contributed by atoms with Crippen molar-refractivity contribution in [2.45, 2.75) is 17.9 Å². The van der Waals surface area contributed by atoms with Crippen molar-refractivity contribution in [1.82, 2.24) is 19.9 Å². The fourth-order valence-corrected chi connectivity index (χ4v) is 3.81. The van der Waals surface area contributed by atoms with Gasteiger partial charge in [-0.1, -0.05) is 0 Å². The van der Waals surface area contributed by atoms with Gasteiger partial charge in [-0.05, 0) is 41.1 Å². The number of H-pyrrole nitrogens is 1. The van der Waals surface area contributed by atoms with Crippen molar-refractivity contribution in [2.75, 3.05) is 0 Å². The Labute approximate surface area is 128 Å². The molecule has 1 unspecified atom stereocenters. The van der Waals surface area contributed by atoms with Crippen molar-refractivity contribution < 1.29 is 18.3 Å². The molecular formula is C11H11BrN4O4S. The van der Waals surface area contributed by atoms with E-state index in [1.54, 1.807) is 6.92 Å². The van der Waals surface area contributed by atoms with Crippen molar-refractivity contribution in [1.29, 1.82) is 0 Å². The van der Waals surface area contributed by atoms with Gasteiger partial charge < -0.3 is 5.11 Å². The van der Waals surface area contributed by atoms with Crippen molar-refractivity contribution in [3.63, 3.8) is 0 Å². The van der Waals surface area contributed by atoms with Gasteiger partial charge in [-0.25, -0.2) is 22.9 Å². The average Bonchev–Trinajstić information content (AvgIpc) is 2.92. The summed E-state index contributed by atoms with van der Waals surface area (Å²) in [5, 5.41) is 15.1. The van der Waals surface area contributed by atoms with Crippen LogP contribution in [0.2, 0.25) is 0 Å². The predicted molar refractivity (Wildman–Crippen MR) is 76.2 cm³/mol. The molecular weight excluding hydrogens is 364 g/mol. The number of aromatic nitrogens is 3. The number of sulfonamides is 1. The molecule has 0 spiro atoms. The Hall–Kier alpha value is -1.78. The molecule has 1 aromatic heterocycles. The summed E-state index contributed by atoms with van der Waals surface area (Å²) in [4.78, 5) is 14.7. The Balaban J connectivity index is 2.35. The van der Waals surface area contributed by atoms with Crippen LogP contribution in [0.15, 0.2) is 33.9 Å². The summed E-state index contributed by atoms with van der Waals surface area (Å²) >= 11 is 3.11. The molecule has 2 aromatic rings. The van der Waals surface area contributed by atoms with E-state index in [-0.39, 0.29) is 14.9 Å². The summed E-state index contributed by atoms with van der Waals surface area (Å²) in [6.45, 7) is 1.59. The first-order valence-electron chi connectivity index (χ1n) is 5.71. The number of rotatable bonds is 5. The van der Waals surface area contributed by atoms with Gasteiger partial charge in [0.25, 0.3) is 0 Å². The minimum absolute atomic E-state index is 0.120. The van der Waals surface area contributed by atoms with E-state index in [1.165, 1.54) is 18.5 Å². The normalized spacial score (nSPS) is 13.0. The molecule has 112 valence electrons. The standard InChI is InChI=1S/C11H11BrN4O4S/c1-6(10-13-5-14-15-10)16-21(19,20)9-4-7(11(17)18)2-3-8(9)12/h2-6,16H,1H3,(H,17,18)(H,13,14,15). The Bertz CT molecular complexity index is 761. The molecule has 0 aliphatic heterocycles. The van der Waals surface area contributed by atoms with Gasteiger partial charge in [0.1, 0.15) is 12.2 Å². The van der Waals surface area contributed by atoms with Crippen LogP contribution in [-0.2, 0) is 10.0 Å². The summed E-state index contributed by atoms with van der Waals surface area (Å²) in [5.74, 6) is -0.855. The highest BCUT2D eigenvalue weighted by Crippen LogP contribution is 2.24. The van der Waals surface area contributed by atoms with Crippen LogP contribution >= 0.6 is 15.9 Å². The third-order valence-electron chi connectivity index (χ3n) is 2.64. The fourth-order valence-electron chi connectivity index (χ4n) is 1.62. The third-order valence-corrected chi connectivity index (χ3v) is 5.18. The minimum atomic E-state index is -3.92. The Morgan fingerprint density at radius 3 is 2.76 bits per heavy atom. The molecule has 2 rings (SSSR count). The smallest absolute Gasteiger partial charge is 0.335 e. The second-order valence-corrected chi connectivity index (χ2v) is 6.70. The van der Waals surface area contributed by atoms with Crippen LogP contribution in [0.25, 0.3) is 0 Å². The largest absolute Gasteiger partial charge is 0.478 e. The lowest BCUT2D eigenvalue weighted by atomic mass is 10.2. The quantitative estimate of drug-likeness (QED) is 0.724. The van der Waals surface area contributed by atoms with Gasteiger partial charge in [0.15, 0.2) is 0 Å². The highest BCUT2D eigenvalue weighted by atomic mass is 79.9. The Morgan fingerprint density at radius 2 is 2.19 bits per heavy atom. The first kappa shape index (κ1) is 15.6. The number of benzene rings is 1. The second-order valence-electron chi connectivity index (χ2n) is 4.16. The number of carboxylic acid groups (broad SMARTS) is 1. The number of carbonyl (C=O) groups is 1. The number of aromatic carboxylic acids is 1. The van der Waals surface area contributed by atoms with Crippen molar-refractivity contribution in [2.24, 2.45) is 0 Å². The fraction of sp³-hybridized carbons (Fsp3) is 0.182. The Kier molecular flexibility index (Phi) is 4.40. The van der Waals surface area contributed by atoms with Crippen LogP contribution in [-0.4, -0.2) is 34.7 Å². The summed E-state index contributed by atoms with van der Waals surface area (Å²) in [6, 6.07) is 3.13. The number of halogens is 1. The molecule has 0 saturated carbocycles. The van der Waals surface area contributed by atoms with Crippen LogP contribution in [0.4, 0.5) is 0 Å². The SMILES string of the molecule is CC(NS(=O)(=O)c1cc(C(=O)O)ccc1Br)c1ncn[nH]1. The molecule has 0 aliphatic rings. The molecule has 1 atom stereocenters. The van der Waals surface area contributed by atoms with Crippen molar-refractivity contribution in [3.05, 3.63) is 40.4 Å². The van der Waals surface area contributed by atoms with Gasteiger partial charge in [-0.3, -0.25) is 5.10 Å². The lowest BCUT2D eigenvalue weighted by Crippen LogP contribution is -2.28. The predicted octanol–water partition coefficient (Wildman–Crippen LogP) is 1.30. The first-order valence-corrected chi connectivity index (χ1v) is 7.99. The zero-order valence-corrected chi connectivity index (χ0v) is 13.1. The summed E-state index contributed by atoms with van der Waals surface area (Å²) in [5.41, 5.74) is -0.120.